The first-order chi connectivity index (χ1) is 9.00. The number of hydrogen-bond acceptors (Lipinski definition) is 4. The van der Waals surface area contributed by atoms with Gasteiger partial charge in [-0.3, -0.25) is 9.59 Å². The van der Waals surface area contributed by atoms with E-state index < -0.39 is 35.2 Å². The highest BCUT2D eigenvalue weighted by atomic mass is 16.6. The lowest BCUT2D eigenvalue weighted by molar-refractivity contribution is -0.179. The summed E-state index contributed by atoms with van der Waals surface area (Å²) in [5.74, 6) is -2.63. The summed E-state index contributed by atoms with van der Waals surface area (Å²) in [6, 6.07) is 0. The van der Waals surface area contributed by atoms with E-state index >= 15 is 0 Å². The van der Waals surface area contributed by atoms with Gasteiger partial charge in [-0.2, -0.15) is 0 Å². The number of amides is 1. The third kappa shape index (κ3) is 1.10. The van der Waals surface area contributed by atoms with Crippen LogP contribution in [-0.4, -0.2) is 52.5 Å². The molecule has 2 bridgehead atoms. The lowest BCUT2D eigenvalue weighted by Gasteiger charge is -2.36. The number of carboxylic acid groups (broad SMARTS) is 1. The first-order valence-electron chi connectivity index (χ1n) is 6.55. The fourth-order valence-corrected chi connectivity index (χ4v) is 4.10. The van der Waals surface area contributed by atoms with Gasteiger partial charge in [0.05, 0.1) is 18.1 Å². The molecule has 4 aliphatic rings. The maximum Gasteiger partial charge on any atom is 0.310 e. The van der Waals surface area contributed by atoms with E-state index in [9.17, 15) is 14.7 Å². The molecule has 0 unspecified atom stereocenters. The predicted molar refractivity (Wildman–Crippen MR) is 62.0 cm³/mol. The fourth-order valence-electron chi connectivity index (χ4n) is 4.10. The summed E-state index contributed by atoms with van der Waals surface area (Å²) >= 11 is 0. The quantitative estimate of drug-likeness (QED) is 0.675. The van der Waals surface area contributed by atoms with Gasteiger partial charge >= 0.3 is 5.97 Å². The third-order valence-corrected chi connectivity index (χ3v) is 4.81. The Hall–Kier alpha value is -1.40. The lowest BCUT2D eigenvalue weighted by atomic mass is 9.72. The molecule has 3 fully saturated rings. The summed E-state index contributed by atoms with van der Waals surface area (Å²) in [6.07, 6.45) is 3.92. The summed E-state index contributed by atoms with van der Waals surface area (Å²) in [4.78, 5) is 25.7. The number of aliphatic carboxylic acids is 1. The van der Waals surface area contributed by atoms with Crippen LogP contribution < -0.4 is 0 Å². The third-order valence-electron chi connectivity index (χ3n) is 4.81. The van der Waals surface area contributed by atoms with Crippen molar-refractivity contribution in [1.82, 2.24) is 4.90 Å². The monoisotopic (exact) mass is 265 g/mol. The molecule has 6 heteroatoms. The molecule has 3 saturated heterocycles. The smallest absolute Gasteiger partial charge is 0.310 e. The van der Waals surface area contributed by atoms with E-state index in [-0.39, 0.29) is 5.91 Å². The Morgan fingerprint density at radius 1 is 1.53 bits per heavy atom. The predicted octanol–water partition coefficient (Wildman–Crippen LogP) is -0.0105. The molecule has 4 heterocycles. The number of nitrogens with zero attached hydrogens (tertiary/aromatic N) is 1. The van der Waals surface area contributed by atoms with Crippen molar-refractivity contribution in [3.05, 3.63) is 12.2 Å². The number of fused-ring (bicyclic) bond motifs is 2. The Bertz CT molecular complexity index is 517. The zero-order valence-electron chi connectivity index (χ0n) is 10.5. The lowest BCUT2D eigenvalue weighted by Crippen LogP contribution is -2.50. The SMILES string of the molecule is C[C@@]12C=C[C@@]3(O1)[C@@H](C(=O)N1CCCO[C@@H]13)[C@@H]2C(=O)O. The molecule has 0 aromatic carbocycles. The normalized spacial score (nSPS) is 50.5. The van der Waals surface area contributed by atoms with Crippen molar-refractivity contribution in [1.29, 1.82) is 0 Å². The van der Waals surface area contributed by atoms with Crippen LogP contribution >= 0.6 is 0 Å². The van der Waals surface area contributed by atoms with Gasteiger partial charge in [0.1, 0.15) is 11.5 Å². The Morgan fingerprint density at radius 3 is 3.05 bits per heavy atom. The van der Waals surface area contributed by atoms with Crippen LogP contribution in [0.1, 0.15) is 13.3 Å². The second-order valence-electron chi connectivity index (χ2n) is 5.87. The van der Waals surface area contributed by atoms with E-state index in [0.29, 0.717) is 13.2 Å². The topological polar surface area (TPSA) is 76.1 Å². The minimum atomic E-state index is -0.980. The molecule has 1 amide bonds. The second kappa shape index (κ2) is 3.19. The van der Waals surface area contributed by atoms with E-state index in [1.54, 1.807) is 17.9 Å². The van der Waals surface area contributed by atoms with Crippen LogP contribution in [0.15, 0.2) is 12.2 Å². The molecule has 0 saturated carbocycles. The van der Waals surface area contributed by atoms with Crippen LogP contribution in [0, 0.1) is 11.8 Å². The van der Waals surface area contributed by atoms with Crippen LogP contribution in [0.4, 0.5) is 0 Å². The zero-order valence-corrected chi connectivity index (χ0v) is 10.5. The van der Waals surface area contributed by atoms with Crippen molar-refractivity contribution in [3.8, 4) is 0 Å². The van der Waals surface area contributed by atoms with E-state index in [4.69, 9.17) is 9.47 Å². The number of carboxylic acids is 1. The highest BCUT2D eigenvalue weighted by Gasteiger charge is 2.75. The average Bonchev–Trinajstić information content (AvgIpc) is 2.94. The fraction of sp³-hybridized carbons (Fsp3) is 0.692. The van der Waals surface area contributed by atoms with Crippen LogP contribution in [-0.2, 0) is 19.1 Å². The first-order valence-corrected chi connectivity index (χ1v) is 6.55. The largest absolute Gasteiger partial charge is 0.481 e. The highest BCUT2D eigenvalue weighted by molar-refractivity contribution is 5.91. The van der Waals surface area contributed by atoms with Crippen LogP contribution in [0.3, 0.4) is 0 Å². The molecular weight excluding hydrogens is 250 g/mol. The minimum absolute atomic E-state index is 0.148. The van der Waals surface area contributed by atoms with Gasteiger partial charge in [0, 0.05) is 6.54 Å². The molecule has 0 radical (unpaired) electrons. The number of carbonyl (C=O) groups is 2. The Morgan fingerprint density at radius 2 is 2.32 bits per heavy atom. The maximum absolute atomic E-state index is 12.5. The Kier molecular flexibility index (Phi) is 1.92. The van der Waals surface area contributed by atoms with Crippen LogP contribution in [0.25, 0.3) is 0 Å². The van der Waals surface area contributed by atoms with Gasteiger partial charge in [0.25, 0.3) is 0 Å². The molecule has 5 atom stereocenters. The minimum Gasteiger partial charge on any atom is -0.481 e. The molecule has 0 aromatic rings. The summed E-state index contributed by atoms with van der Waals surface area (Å²) in [5, 5.41) is 9.47. The number of ether oxygens (including phenoxy) is 2. The summed E-state index contributed by atoms with van der Waals surface area (Å²) in [6.45, 7) is 2.92. The summed E-state index contributed by atoms with van der Waals surface area (Å²) in [7, 11) is 0. The molecule has 102 valence electrons. The van der Waals surface area contributed by atoms with E-state index in [1.807, 2.05) is 6.08 Å². The molecule has 1 N–H and O–H groups in total. The molecule has 19 heavy (non-hydrogen) atoms. The van der Waals surface area contributed by atoms with Crippen molar-refractivity contribution >= 4 is 11.9 Å². The van der Waals surface area contributed by atoms with Crippen molar-refractivity contribution in [2.75, 3.05) is 13.2 Å². The standard InChI is InChI=1S/C13H15NO5/c1-12-3-4-13(19-12)7(8(12)10(16)17)9(15)14-5-2-6-18-11(13)14/h3-4,7-8,11H,2,5-6H2,1H3,(H,16,17)/t7-,8-,11-,12+,13-/m1/s1. The molecule has 0 aliphatic carbocycles. The second-order valence-corrected chi connectivity index (χ2v) is 5.87. The average molecular weight is 265 g/mol. The highest BCUT2D eigenvalue weighted by Crippen LogP contribution is 2.60. The van der Waals surface area contributed by atoms with Crippen molar-refractivity contribution in [3.63, 3.8) is 0 Å². The van der Waals surface area contributed by atoms with Crippen molar-refractivity contribution < 1.29 is 24.2 Å². The van der Waals surface area contributed by atoms with Crippen LogP contribution in [0.5, 0.6) is 0 Å². The van der Waals surface area contributed by atoms with E-state index in [1.165, 1.54) is 0 Å². The number of rotatable bonds is 1. The molecule has 6 nitrogen and oxygen atoms in total. The van der Waals surface area contributed by atoms with Gasteiger partial charge in [-0.25, -0.2) is 0 Å². The van der Waals surface area contributed by atoms with Gasteiger partial charge in [-0.15, -0.1) is 0 Å². The summed E-state index contributed by atoms with van der Waals surface area (Å²) in [5.41, 5.74) is -1.81. The van der Waals surface area contributed by atoms with Crippen LogP contribution in [0.2, 0.25) is 0 Å². The van der Waals surface area contributed by atoms with Gasteiger partial charge in [-0.05, 0) is 19.4 Å². The van der Waals surface area contributed by atoms with E-state index in [2.05, 4.69) is 0 Å². The molecule has 0 aromatic heterocycles. The molecule has 1 spiro atoms. The maximum atomic E-state index is 12.5. The Balaban J connectivity index is 1.86. The molecule has 4 aliphatic heterocycles. The van der Waals surface area contributed by atoms with Crippen molar-refractivity contribution in [2.24, 2.45) is 11.8 Å². The first kappa shape index (κ1) is 11.4. The van der Waals surface area contributed by atoms with Gasteiger partial charge < -0.3 is 19.5 Å². The zero-order chi connectivity index (χ0) is 13.4. The molecule has 4 rings (SSSR count). The van der Waals surface area contributed by atoms with Gasteiger partial charge in [0.2, 0.25) is 5.91 Å². The Labute approximate surface area is 110 Å². The number of carbonyl (C=O) groups excluding carboxylic acids is 1. The number of hydrogen-bond donors (Lipinski definition) is 1. The summed E-state index contributed by atoms with van der Waals surface area (Å²) < 4.78 is 11.7. The molecular formula is C13H15NO5. The van der Waals surface area contributed by atoms with E-state index in [0.717, 1.165) is 6.42 Å². The van der Waals surface area contributed by atoms with Crippen molar-refractivity contribution in [2.45, 2.75) is 30.8 Å². The van der Waals surface area contributed by atoms with Gasteiger partial charge in [0.15, 0.2) is 6.23 Å². The van der Waals surface area contributed by atoms with Gasteiger partial charge in [-0.1, -0.05) is 6.08 Å².